The summed E-state index contributed by atoms with van der Waals surface area (Å²) < 4.78 is 0. The molecule has 0 saturated carbocycles. The number of hydrogen-bond donors (Lipinski definition) is 0. The maximum Gasteiger partial charge on any atom is 0.0579 e. The SMILES string of the molecule is CC=NC(/C=C\C)=C\C. The van der Waals surface area contributed by atoms with Crippen molar-refractivity contribution in [3.05, 3.63) is 23.9 Å². The van der Waals surface area contributed by atoms with Crippen molar-refractivity contribution in [2.75, 3.05) is 0 Å². The Labute approximate surface area is 56.8 Å². The van der Waals surface area contributed by atoms with Crippen LogP contribution in [0.3, 0.4) is 0 Å². The molecule has 0 radical (unpaired) electrons. The van der Waals surface area contributed by atoms with Crippen LogP contribution in [0.15, 0.2) is 28.9 Å². The van der Waals surface area contributed by atoms with Gasteiger partial charge in [-0.1, -0.05) is 12.2 Å². The van der Waals surface area contributed by atoms with Crippen LogP contribution in [0, 0.1) is 0 Å². The first-order valence-electron chi connectivity index (χ1n) is 3.12. The van der Waals surface area contributed by atoms with Crippen molar-refractivity contribution >= 4 is 6.21 Å². The molecule has 1 heteroatoms. The Balaban J connectivity index is 4.01. The number of rotatable bonds is 2. The standard InChI is InChI=1S/C8H13N/c1-4-7-8(5-2)9-6-3/h4-7H,1-3H3/b7-4-,8-5-,9-6?. The number of hydrogen-bond acceptors (Lipinski definition) is 1. The molecule has 0 fully saturated rings. The maximum atomic E-state index is 4.08. The van der Waals surface area contributed by atoms with E-state index in [4.69, 9.17) is 0 Å². The number of aliphatic imine (C=N–C) groups is 1. The summed E-state index contributed by atoms with van der Waals surface area (Å²) in [5, 5.41) is 0. The highest BCUT2D eigenvalue weighted by atomic mass is 14.7. The van der Waals surface area contributed by atoms with E-state index in [1.807, 2.05) is 39.0 Å². The van der Waals surface area contributed by atoms with Crippen LogP contribution in [-0.2, 0) is 0 Å². The van der Waals surface area contributed by atoms with E-state index in [-0.39, 0.29) is 0 Å². The van der Waals surface area contributed by atoms with Gasteiger partial charge in [0, 0.05) is 6.21 Å². The van der Waals surface area contributed by atoms with Crippen LogP contribution < -0.4 is 0 Å². The van der Waals surface area contributed by atoms with Gasteiger partial charge in [0.25, 0.3) is 0 Å². The molecule has 9 heavy (non-hydrogen) atoms. The third-order valence-electron chi connectivity index (χ3n) is 0.911. The molecule has 0 aliphatic carbocycles. The van der Waals surface area contributed by atoms with Crippen LogP contribution in [-0.4, -0.2) is 6.21 Å². The summed E-state index contributed by atoms with van der Waals surface area (Å²) >= 11 is 0. The molecule has 0 aromatic carbocycles. The molecule has 0 saturated heterocycles. The molecule has 0 heterocycles. The summed E-state index contributed by atoms with van der Waals surface area (Å²) in [5.41, 5.74) is 1.01. The second kappa shape index (κ2) is 5.29. The van der Waals surface area contributed by atoms with E-state index in [2.05, 4.69) is 4.99 Å². The van der Waals surface area contributed by atoms with E-state index < -0.39 is 0 Å². The predicted molar refractivity (Wildman–Crippen MR) is 42.7 cm³/mol. The molecule has 0 atom stereocenters. The van der Waals surface area contributed by atoms with Crippen molar-refractivity contribution in [1.82, 2.24) is 0 Å². The van der Waals surface area contributed by atoms with Crippen molar-refractivity contribution < 1.29 is 0 Å². The highest BCUT2D eigenvalue weighted by Gasteiger charge is 1.77. The lowest BCUT2D eigenvalue weighted by Gasteiger charge is -1.86. The molecule has 0 aliphatic heterocycles. The summed E-state index contributed by atoms with van der Waals surface area (Å²) in [6, 6.07) is 0. The molecular formula is C8H13N. The van der Waals surface area contributed by atoms with Crippen LogP contribution in [0.5, 0.6) is 0 Å². The molecule has 0 amide bonds. The fraction of sp³-hybridized carbons (Fsp3) is 0.375. The third kappa shape index (κ3) is 3.71. The molecule has 0 aromatic rings. The molecule has 0 aliphatic rings. The zero-order valence-electron chi connectivity index (χ0n) is 6.26. The second-order valence-electron chi connectivity index (χ2n) is 1.60. The first-order valence-corrected chi connectivity index (χ1v) is 3.12. The van der Waals surface area contributed by atoms with Gasteiger partial charge in [0.2, 0.25) is 0 Å². The van der Waals surface area contributed by atoms with Crippen LogP contribution in [0.25, 0.3) is 0 Å². The van der Waals surface area contributed by atoms with E-state index in [0.29, 0.717) is 0 Å². The van der Waals surface area contributed by atoms with E-state index in [9.17, 15) is 0 Å². The van der Waals surface area contributed by atoms with Gasteiger partial charge in [-0.2, -0.15) is 0 Å². The zero-order chi connectivity index (χ0) is 7.11. The molecular weight excluding hydrogens is 110 g/mol. The Morgan fingerprint density at radius 3 is 2.22 bits per heavy atom. The summed E-state index contributed by atoms with van der Waals surface area (Å²) in [6.07, 6.45) is 7.71. The minimum absolute atomic E-state index is 1.01. The topological polar surface area (TPSA) is 12.4 Å². The smallest absolute Gasteiger partial charge is 0.0579 e. The van der Waals surface area contributed by atoms with Gasteiger partial charge < -0.3 is 0 Å². The van der Waals surface area contributed by atoms with Gasteiger partial charge in [-0.25, -0.2) is 0 Å². The van der Waals surface area contributed by atoms with E-state index in [1.54, 1.807) is 6.21 Å². The summed E-state index contributed by atoms with van der Waals surface area (Å²) in [6.45, 7) is 5.87. The molecule has 0 spiro atoms. The van der Waals surface area contributed by atoms with E-state index in [1.165, 1.54) is 0 Å². The van der Waals surface area contributed by atoms with Crippen molar-refractivity contribution in [1.29, 1.82) is 0 Å². The Morgan fingerprint density at radius 1 is 1.22 bits per heavy atom. The first kappa shape index (κ1) is 8.15. The quantitative estimate of drug-likeness (QED) is 0.395. The zero-order valence-corrected chi connectivity index (χ0v) is 6.26. The van der Waals surface area contributed by atoms with Gasteiger partial charge in [0.15, 0.2) is 0 Å². The fourth-order valence-electron chi connectivity index (χ4n) is 0.534. The van der Waals surface area contributed by atoms with Crippen molar-refractivity contribution in [2.24, 2.45) is 4.99 Å². The van der Waals surface area contributed by atoms with Crippen LogP contribution in [0.4, 0.5) is 0 Å². The monoisotopic (exact) mass is 123 g/mol. The third-order valence-corrected chi connectivity index (χ3v) is 0.911. The highest BCUT2D eigenvalue weighted by Crippen LogP contribution is 1.96. The number of allylic oxidation sites excluding steroid dienone is 3. The Bertz CT molecular complexity index is 127. The largest absolute Gasteiger partial charge is 0.262 e. The molecule has 50 valence electrons. The van der Waals surface area contributed by atoms with E-state index in [0.717, 1.165) is 5.70 Å². The minimum atomic E-state index is 1.01. The van der Waals surface area contributed by atoms with Gasteiger partial charge >= 0.3 is 0 Å². The van der Waals surface area contributed by atoms with Crippen molar-refractivity contribution in [3.8, 4) is 0 Å². The highest BCUT2D eigenvalue weighted by molar-refractivity contribution is 5.56. The summed E-state index contributed by atoms with van der Waals surface area (Å²) in [7, 11) is 0. The Morgan fingerprint density at radius 2 is 1.89 bits per heavy atom. The van der Waals surface area contributed by atoms with Gasteiger partial charge in [-0.05, 0) is 26.8 Å². The maximum absolute atomic E-state index is 4.08. The lowest BCUT2D eigenvalue weighted by molar-refractivity contribution is 1.38. The lowest BCUT2D eigenvalue weighted by atomic mass is 10.4. The van der Waals surface area contributed by atoms with Gasteiger partial charge in [-0.3, -0.25) is 4.99 Å². The van der Waals surface area contributed by atoms with Crippen molar-refractivity contribution in [2.45, 2.75) is 20.8 Å². The molecule has 1 nitrogen and oxygen atoms in total. The van der Waals surface area contributed by atoms with Crippen molar-refractivity contribution in [3.63, 3.8) is 0 Å². The first-order chi connectivity index (χ1) is 4.35. The molecule has 0 unspecified atom stereocenters. The summed E-state index contributed by atoms with van der Waals surface area (Å²) in [4.78, 5) is 4.08. The Kier molecular flexibility index (Phi) is 4.79. The number of nitrogens with zero attached hydrogens (tertiary/aromatic N) is 1. The summed E-state index contributed by atoms with van der Waals surface area (Å²) in [5.74, 6) is 0. The molecule has 0 aromatic heterocycles. The lowest BCUT2D eigenvalue weighted by Crippen LogP contribution is -1.69. The Hall–Kier alpha value is -0.850. The average molecular weight is 123 g/mol. The molecule has 0 rings (SSSR count). The van der Waals surface area contributed by atoms with Gasteiger partial charge in [-0.15, -0.1) is 0 Å². The van der Waals surface area contributed by atoms with Gasteiger partial charge in [0.1, 0.15) is 0 Å². The minimum Gasteiger partial charge on any atom is -0.262 e. The normalized spacial score (nSPS) is 13.9. The second-order valence-corrected chi connectivity index (χ2v) is 1.60. The van der Waals surface area contributed by atoms with Crippen LogP contribution in [0.2, 0.25) is 0 Å². The predicted octanol–water partition coefficient (Wildman–Crippen LogP) is 2.56. The average Bonchev–Trinajstić information content (AvgIpc) is 1.88. The fourth-order valence-corrected chi connectivity index (χ4v) is 0.534. The van der Waals surface area contributed by atoms with E-state index >= 15 is 0 Å². The molecule has 0 bridgehead atoms. The van der Waals surface area contributed by atoms with Gasteiger partial charge in [0.05, 0.1) is 5.70 Å². The molecule has 0 N–H and O–H groups in total. The van der Waals surface area contributed by atoms with Crippen LogP contribution >= 0.6 is 0 Å². The van der Waals surface area contributed by atoms with Crippen LogP contribution in [0.1, 0.15) is 20.8 Å².